The summed E-state index contributed by atoms with van der Waals surface area (Å²) in [5.74, 6) is 0. The molecule has 0 radical (unpaired) electrons. The van der Waals surface area contributed by atoms with Crippen molar-refractivity contribution in [2.75, 3.05) is 6.61 Å². The summed E-state index contributed by atoms with van der Waals surface area (Å²) in [6.07, 6.45) is 0. The molecule has 1 rings (SSSR count). The number of rotatable bonds is 0. The van der Waals surface area contributed by atoms with Crippen LogP contribution in [-0.4, -0.2) is 28.1 Å². The van der Waals surface area contributed by atoms with Crippen molar-refractivity contribution in [2.45, 2.75) is 39.0 Å². The lowest BCUT2D eigenvalue weighted by atomic mass is 10.1. The van der Waals surface area contributed by atoms with E-state index in [9.17, 15) is 5.21 Å². The van der Waals surface area contributed by atoms with Gasteiger partial charge in [0.2, 0.25) is 0 Å². The monoisotopic (exact) mass is 145 g/mol. The molecule has 0 aromatic carbocycles. The van der Waals surface area contributed by atoms with E-state index in [1.807, 2.05) is 27.7 Å². The Hall–Kier alpha value is -0.120. The lowest BCUT2D eigenvalue weighted by Gasteiger charge is -2.31. The van der Waals surface area contributed by atoms with Gasteiger partial charge in [-0.2, -0.15) is 5.06 Å². The summed E-state index contributed by atoms with van der Waals surface area (Å²) in [6, 6.07) is 0. The second kappa shape index (κ2) is 1.94. The molecule has 0 amide bonds. The smallest absolute Gasteiger partial charge is 0.138 e. The SMILES string of the molecule is CC1(C)COC(C)(C)N1O. The van der Waals surface area contributed by atoms with Gasteiger partial charge < -0.3 is 9.94 Å². The van der Waals surface area contributed by atoms with E-state index in [0.29, 0.717) is 6.61 Å². The number of hydrogen-bond donors (Lipinski definition) is 1. The molecule has 0 unspecified atom stereocenters. The minimum Gasteiger partial charge on any atom is -0.357 e. The van der Waals surface area contributed by atoms with E-state index in [0.717, 1.165) is 0 Å². The Balaban J connectivity index is 2.77. The zero-order valence-electron chi connectivity index (χ0n) is 7.01. The zero-order chi connectivity index (χ0) is 7.99. The molecule has 0 bridgehead atoms. The molecule has 10 heavy (non-hydrogen) atoms. The summed E-state index contributed by atoms with van der Waals surface area (Å²) in [4.78, 5) is 0. The summed E-state index contributed by atoms with van der Waals surface area (Å²) >= 11 is 0. The van der Waals surface area contributed by atoms with Gasteiger partial charge in [0.15, 0.2) is 0 Å². The molecule has 0 atom stereocenters. The number of hydroxylamine groups is 2. The highest BCUT2D eigenvalue weighted by atomic mass is 16.6. The summed E-state index contributed by atoms with van der Waals surface area (Å²) in [6.45, 7) is 8.17. The molecule has 0 aromatic rings. The quantitative estimate of drug-likeness (QED) is 0.556. The van der Waals surface area contributed by atoms with Gasteiger partial charge in [-0.15, -0.1) is 0 Å². The van der Waals surface area contributed by atoms with Crippen molar-refractivity contribution in [3.63, 3.8) is 0 Å². The predicted octanol–water partition coefficient (Wildman–Crippen LogP) is 1.22. The van der Waals surface area contributed by atoms with Crippen molar-refractivity contribution in [3.05, 3.63) is 0 Å². The highest BCUT2D eigenvalue weighted by Gasteiger charge is 2.45. The number of ether oxygens (including phenoxy) is 1. The Morgan fingerprint density at radius 1 is 1.30 bits per heavy atom. The average molecular weight is 145 g/mol. The molecule has 0 saturated carbocycles. The Morgan fingerprint density at radius 2 is 1.80 bits per heavy atom. The van der Waals surface area contributed by atoms with Crippen LogP contribution in [0.5, 0.6) is 0 Å². The van der Waals surface area contributed by atoms with Gasteiger partial charge in [0, 0.05) is 0 Å². The van der Waals surface area contributed by atoms with Crippen LogP contribution in [0.3, 0.4) is 0 Å². The molecule has 60 valence electrons. The first-order chi connectivity index (χ1) is 4.36. The van der Waals surface area contributed by atoms with Gasteiger partial charge in [-0.05, 0) is 27.7 Å². The molecule has 0 aromatic heterocycles. The first-order valence-electron chi connectivity index (χ1n) is 3.49. The lowest BCUT2D eigenvalue weighted by Crippen LogP contribution is -2.46. The van der Waals surface area contributed by atoms with Crippen molar-refractivity contribution in [1.29, 1.82) is 0 Å². The zero-order valence-corrected chi connectivity index (χ0v) is 7.01. The van der Waals surface area contributed by atoms with Gasteiger partial charge in [-0.1, -0.05) is 0 Å². The van der Waals surface area contributed by atoms with E-state index in [1.54, 1.807) is 0 Å². The van der Waals surface area contributed by atoms with Crippen LogP contribution in [0.2, 0.25) is 0 Å². The number of nitrogens with zero attached hydrogens (tertiary/aromatic N) is 1. The first-order valence-corrected chi connectivity index (χ1v) is 3.49. The van der Waals surface area contributed by atoms with Crippen LogP contribution in [0, 0.1) is 0 Å². The van der Waals surface area contributed by atoms with Crippen LogP contribution in [-0.2, 0) is 4.74 Å². The molecule has 0 spiro atoms. The van der Waals surface area contributed by atoms with Gasteiger partial charge in [0.1, 0.15) is 5.72 Å². The molecule has 0 aliphatic carbocycles. The minimum absolute atomic E-state index is 0.247. The Labute approximate surface area is 61.5 Å². The van der Waals surface area contributed by atoms with Crippen LogP contribution >= 0.6 is 0 Å². The largest absolute Gasteiger partial charge is 0.357 e. The van der Waals surface area contributed by atoms with Gasteiger partial charge in [-0.3, -0.25) is 0 Å². The highest BCUT2D eigenvalue weighted by molar-refractivity contribution is 4.88. The lowest BCUT2D eigenvalue weighted by molar-refractivity contribution is -0.233. The second-order valence-electron chi connectivity index (χ2n) is 3.86. The highest BCUT2D eigenvalue weighted by Crippen LogP contribution is 2.31. The van der Waals surface area contributed by atoms with Crippen LogP contribution in [0.1, 0.15) is 27.7 Å². The summed E-state index contributed by atoms with van der Waals surface area (Å²) in [5, 5.41) is 10.8. The summed E-state index contributed by atoms with van der Waals surface area (Å²) in [7, 11) is 0. The van der Waals surface area contributed by atoms with Gasteiger partial charge in [0.25, 0.3) is 0 Å². The molecule has 3 nitrogen and oxygen atoms in total. The maximum atomic E-state index is 9.49. The van der Waals surface area contributed by atoms with E-state index in [-0.39, 0.29) is 5.54 Å². The Morgan fingerprint density at radius 3 is 1.90 bits per heavy atom. The van der Waals surface area contributed by atoms with Gasteiger partial charge >= 0.3 is 0 Å². The molecule has 3 heteroatoms. The third-order valence-electron chi connectivity index (χ3n) is 1.86. The van der Waals surface area contributed by atoms with E-state index >= 15 is 0 Å². The van der Waals surface area contributed by atoms with Crippen LogP contribution in [0.4, 0.5) is 0 Å². The van der Waals surface area contributed by atoms with Crippen molar-refractivity contribution in [1.82, 2.24) is 5.06 Å². The van der Waals surface area contributed by atoms with E-state index in [1.165, 1.54) is 5.06 Å². The fraction of sp³-hybridized carbons (Fsp3) is 1.00. The minimum atomic E-state index is -0.524. The Kier molecular flexibility index (Phi) is 1.54. The summed E-state index contributed by atoms with van der Waals surface area (Å²) in [5.41, 5.74) is -0.771. The fourth-order valence-corrected chi connectivity index (χ4v) is 1.20. The van der Waals surface area contributed by atoms with Gasteiger partial charge in [0.05, 0.1) is 12.1 Å². The van der Waals surface area contributed by atoms with Gasteiger partial charge in [-0.25, -0.2) is 0 Å². The average Bonchev–Trinajstić information content (AvgIpc) is 1.95. The topological polar surface area (TPSA) is 32.7 Å². The van der Waals surface area contributed by atoms with E-state index < -0.39 is 5.72 Å². The fourth-order valence-electron chi connectivity index (χ4n) is 1.20. The van der Waals surface area contributed by atoms with Crippen LogP contribution < -0.4 is 0 Å². The summed E-state index contributed by atoms with van der Waals surface area (Å²) < 4.78 is 5.34. The van der Waals surface area contributed by atoms with Crippen molar-refractivity contribution in [2.24, 2.45) is 0 Å². The molecule has 1 fully saturated rings. The molecule has 1 saturated heterocycles. The standard InChI is InChI=1S/C7H15NO2/c1-6(2)5-10-7(3,4)8(6)9/h9H,5H2,1-4H3. The van der Waals surface area contributed by atoms with Crippen molar-refractivity contribution < 1.29 is 9.94 Å². The molecule has 1 N–H and O–H groups in total. The predicted molar refractivity (Wildman–Crippen MR) is 37.7 cm³/mol. The third-order valence-corrected chi connectivity index (χ3v) is 1.86. The van der Waals surface area contributed by atoms with E-state index in [2.05, 4.69) is 0 Å². The van der Waals surface area contributed by atoms with E-state index in [4.69, 9.17) is 4.74 Å². The molecular weight excluding hydrogens is 130 g/mol. The molecular formula is C7H15NO2. The van der Waals surface area contributed by atoms with Crippen molar-refractivity contribution in [3.8, 4) is 0 Å². The first kappa shape index (κ1) is 7.98. The van der Waals surface area contributed by atoms with Crippen LogP contribution in [0.15, 0.2) is 0 Å². The maximum absolute atomic E-state index is 9.49. The van der Waals surface area contributed by atoms with Crippen molar-refractivity contribution >= 4 is 0 Å². The van der Waals surface area contributed by atoms with Crippen LogP contribution in [0.25, 0.3) is 0 Å². The Bertz CT molecular complexity index is 127. The molecule has 1 heterocycles. The molecule has 1 aliphatic heterocycles. The normalized spacial score (nSPS) is 30.9. The third kappa shape index (κ3) is 1.05. The second-order valence-corrected chi connectivity index (χ2v) is 3.86. The number of hydrogen-bond acceptors (Lipinski definition) is 3. The molecule has 1 aliphatic rings. The maximum Gasteiger partial charge on any atom is 0.138 e.